The molecule has 19 heavy (non-hydrogen) atoms. The molecule has 0 fully saturated rings. The van der Waals surface area contributed by atoms with Crippen molar-refractivity contribution in [3.8, 4) is 0 Å². The minimum absolute atomic E-state index is 0.225. The molecule has 0 spiro atoms. The average Bonchev–Trinajstić information content (AvgIpc) is 2.85. The highest BCUT2D eigenvalue weighted by Gasteiger charge is 2.06. The van der Waals surface area contributed by atoms with Gasteiger partial charge in [0.15, 0.2) is 0 Å². The molecule has 0 saturated heterocycles. The number of carbonyl (C=O) groups is 1. The Bertz CT molecular complexity index is 571. The Hall–Kier alpha value is -1.59. The van der Waals surface area contributed by atoms with Gasteiger partial charge in [-0.3, -0.25) is 9.78 Å². The van der Waals surface area contributed by atoms with Gasteiger partial charge in [-0.2, -0.15) is 0 Å². The maximum atomic E-state index is 11.2. The van der Waals surface area contributed by atoms with E-state index in [0.29, 0.717) is 18.0 Å². The number of rotatable bonds is 5. The lowest BCUT2D eigenvalue weighted by molar-refractivity contribution is -0.139. The number of ether oxygens (including phenoxy) is 1. The Morgan fingerprint density at radius 3 is 2.95 bits per heavy atom. The van der Waals surface area contributed by atoms with Gasteiger partial charge < -0.3 is 10.1 Å². The van der Waals surface area contributed by atoms with Crippen molar-refractivity contribution in [1.29, 1.82) is 0 Å². The summed E-state index contributed by atoms with van der Waals surface area (Å²) < 4.78 is 4.63. The van der Waals surface area contributed by atoms with Crippen molar-refractivity contribution in [1.82, 2.24) is 4.98 Å². The number of methoxy groups -OCH3 is 1. The summed E-state index contributed by atoms with van der Waals surface area (Å²) in [4.78, 5) is 17.3. The van der Waals surface area contributed by atoms with Crippen LogP contribution in [0.1, 0.15) is 9.75 Å². The Kier molecular flexibility index (Phi) is 4.76. The zero-order valence-corrected chi connectivity index (χ0v) is 11.9. The lowest BCUT2D eigenvalue weighted by Gasteiger charge is -2.05. The van der Waals surface area contributed by atoms with Crippen molar-refractivity contribution in [2.75, 3.05) is 12.4 Å². The number of esters is 1. The summed E-state index contributed by atoms with van der Waals surface area (Å²) in [5.41, 5.74) is 0.798. The predicted octanol–water partition coefficient (Wildman–Crippen LogP) is 3.12. The summed E-state index contributed by atoms with van der Waals surface area (Å²) in [6.45, 7) is 0.650. The number of aromatic nitrogens is 1. The molecule has 0 bridgehead atoms. The molecule has 2 aromatic rings. The van der Waals surface area contributed by atoms with E-state index in [0.717, 1.165) is 15.4 Å². The van der Waals surface area contributed by atoms with Gasteiger partial charge in [0.05, 0.1) is 30.4 Å². The van der Waals surface area contributed by atoms with Gasteiger partial charge in [-0.1, -0.05) is 11.6 Å². The van der Waals surface area contributed by atoms with Crippen LogP contribution in [0.15, 0.2) is 30.6 Å². The van der Waals surface area contributed by atoms with Crippen molar-refractivity contribution in [3.63, 3.8) is 0 Å². The molecule has 100 valence electrons. The zero-order valence-electron chi connectivity index (χ0n) is 10.4. The normalized spacial score (nSPS) is 10.2. The van der Waals surface area contributed by atoms with Crippen LogP contribution in [0.4, 0.5) is 5.69 Å². The third-order valence-corrected chi connectivity index (χ3v) is 3.90. The van der Waals surface area contributed by atoms with Gasteiger partial charge in [-0.15, -0.1) is 11.3 Å². The van der Waals surface area contributed by atoms with Crippen LogP contribution in [0, 0.1) is 0 Å². The van der Waals surface area contributed by atoms with E-state index < -0.39 is 0 Å². The number of carbonyl (C=O) groups excluding carboxylic acids is 1. The standard InChI is InChI=1S/C13H13ClN2O2S/c1-18-13(17)6-9-2-3-10(19-9)7-16-12-8-15-5-4-11(12)14/h2-5,8,16H,6-7H2,1H3. The number of nitrogens with one attached hydrogen (secondary N) is 1. The van der Waals surface area contributed by atoms with E-state index in [2.05, 4.69) is 15.0 Å². The molecule has 0 aliphatic carbocycles. The Balaban J connectivity index is 1.94. The van der Waals surface area contributed by atoms with Crippen LogP contribution in [-0.4, -0.2) is 18.1 Å². The molecular formula is C13H13ClN2O2S. The molecule has 1 N–H and O–H groups in total. The van der Waals surface area contributed by atoms with Crippen LogP contribution >= 0.6 is 22.9 Å². The van der Waals surface area contributed by atoms with Gasteiger partial charge in [0.1, 0.15) is 0 Å². The summed E-state index contributed by atoms with van der Waals surface area (Å²) in [5, 5.41) is 3.85. The smallest absolute Gasteiger partial charge is 0.310 e. The van der Waals surface area contributed by atoms with Gasteiger partial charge in [0.25, 0.3) is 0 Å². The SMILES string of the molecule is COC(=O)Cc1ccc(CNc2cnccc2Cl)s1. The number of hydrogen-bond donors (Lipinski definition) is 1. The van der Waals surface area contributed by atoms with E-state index >= 15 is 0 Å². The number of halogens is 1. The van der Waals surface area contributed by atoms with Crippen LogP contribution in [0.25, 0.3) is 0 Å². The fourth-order valence-electron chi connectivity index (χ4n) is 1.52. The maximum Gasteiger partial charge on any atom is 0.310 e. The second-order valence-electron chi connectivity index (χ2n) is 3.83. The number of anilines is 1. The minimum atomic E-state index is -0.225. The largest absolute Gasteiger partial charge is 0.469 e. The number of pyridine rings is 1. The van der Waals surface area contributed by atoms with Crippen molar-refractivity contribution < 1.29 is 9.53 Å². The number of hydrogen-bond acceptors (Lipinski definition) is 5. The predicted molar refractivity (Wildman–Crippen MR) is 76.6 cm³/mol. The first-order chi connectivity index (χ1) is 9.19. The average molecular weight is 297 g/mol. The first-order valence-corrected chi connectivity index (χ1v) is 6.86. The van der Waals surface area contributed by atoms with Crippen molar-refractivity contribution >= 4 is 34.6 Å². The number of thiophene rings is 1. The zero-order chi connectivity index (χ0) is 13.7. The van der Waals surface area contributed by atoms with Crippen LogP contribution in [-0.2, 0) is 22.5 Å². The van der Waals surface area contributed by atoms with E-state index in [-0.39, 0.29) is 5.97 Å². The van der Waals surface area contributed by atoms with Gasteiger partial charge in [0, 0.05) is 22.5 Å². The molecule has 0 amide bonds. The molecule has 0 saturated carbocycles. The van der Waals surface area contributed by atoms with E-state index in [1.54, 1.807) is 29.8 Å². The molecule has 0 unspecified atom stereocenters. The number of nitrogens with zero attached hydrogens (tertiary/aromatic N) is 1. The topological polar surface area (TPSA) is 51.2 Å². The molecule has 2 rings (SSSR count). The summed E-state index contributed by atoms with van der Waals surface area (Å²) in [5.74, 6) is -0.225. The molecule has 0 aliphatic heterocycles. The van der Waals surface area contributed by atoms with E-state index in [1.807, 2.05) is 12.1 Å². The highest BCUT2D eigenvalue weighted by molar-refractivity contribution is 7.12. The Labute approximate surface area is 120 Å². The third kappa shape index (κ3) is 3.94. The Morgan fingerprint density at radius 2 is 2.21 bits per heavy atom. The van der Waals surface area contributed by atoms with Gasteiger partial charge >= 0.3 is 5.97 Å². The first-order valence-electron chi connectivity index (χ1n) is 5.67. The second-order valence-corrected chi connectivity index (χ2v) is 5.49. The molecule has 6 heteroatoms. The molecule has 2 aromatic heterocycles. The molecule has 4 nitrogen and oxygen atoms in total. The third-order valence-electron chi connectivity index (χ3n) is 2.48. The molecule has 2 heterocycles. The molecule has 0 aliphatic rings. The molecule has 0 atom stereocenters. The summed E-state index contributed by atoms with van der Waals surface area (Å²) in [7, 11) is 1.39. The maximum absolute atomic E-state index is 11.2. The Morgan fingerprint density at radius 1 is 1.42 bits per heavy atom. The fourth-order valence-corrected chi connectivity index (χ4v) is 2.63. The van der Waals surface area contributed by atoms with Gasteiger partial charge in [-0.25, -0.2) is 0 Å². The monoisotopic (exact) mass is 296 g/mol. The van der Waals surface area contributed by atoms with E-state index in [1.165, 1.54) is 7.11 Å². The van der Waals surface area contributed by atoms with Crippen LogP contribution in [0.5, 0.6) is 0 Å². The first kappa shape index (κ1) is 13.8. The van der Waals surface area contributed by atoms with Gasteiger partial charge in [-0.05, 0) is 18.2 Å². The highest BCUT2D eigenvalue weighted by Crippen LogP contribution is 2.22. The van der Waals surface area contributed by atoms with E-state index in [4.69, 9.17) is 11.6 Å². The second kappa shape index (κ2) is 6.54. The van der Waals surface area contributed by atoms with Crippen molar-refractivity contribution in [2.24, 2.45) is 0 Å². The summed E-state index contributed by atoms with van der Waals surface area (Å²) >= 11 is 7.60. The summed E-state index contributed by atoms with van der Waals surface area (Å²) in [6, 6.07) is 5.66. The molecule has 0 radical (unpaired) electrons. The van der Waals surface area contributed by atoms with Crippen LogP contribution in [0.2, 0.25) is 5.02 Å². The van der Waals surface area contributed by atoms with Crippen molar-refractivity contribution in [2.45, 2.75) is 13.0 Å². The molecular weight excluding hydrogens is 284 g/mol. The quantitative estimate of drug-likeness (QED) is 0.861. The lowest BCUT2D eigenvalue weighted by Crippen LogP contribution is -2.02. The van der Waals surface area contributed by atoms with Gasteiger partial charge in [0.2, 0.25) is 0 Å². The lowest BCUT2D eigenvalue weighted by atomic mass is 10.3. The molecule has 0 aromatic carbocycles. The van der Waals surface area contributed by atoms with Crippen molar-refractivity contribution in [3.05, 3.63) is 45.4 Å². The van der Waals surface area contributed by atoms with E-state index in [9.17, 15) is 4.79 Å². The minimum Gasteiger partial charge on any atom is -0.469 e. The van der Waals surface area contributed by atoms with Crippen LogP contribution in [0.3, 0.4) is 0 Å². The highest BCUT2D eigenvalue weighted by atomic mass is 35.5. The fraction of sp³-hybridized carbons (Fsp3) is 0.231. The van der Waals surface area contributed by atoms with Crippen LogP contribution < -0.4 is 5.32 Å². The summed E-state index contributed by atoms with van der Waals surface area (Å²) in [6.07, 6.45) is 3.65.